The Morgan fingerprint density at radius 2 is 2.14 bits per heavy atom. The van der Waals surface area contributed by atoms with Gasteiger partial charge in [0.2, 0.25) is 0 Å². The standard InChI is InChI=1S/C28H26F2N4O3/c1-32-23-12-22(25-19(27(32)35)3-2-4-24(25)37-28(29)30)34-21-11-16(7-8-20(21)31-26(23)34)5-6-17-9-10-33(13-17)18-14-36-15-18/h2-4,7-8,11,17-18,22-23,28H,9-10,12-15H2,1H3/t17?,22-,23-/m1/s1/i1D3. The van der Waals surface area contributed by atoms with E-state index in [9.17, 15) is 13.6 Å². The van der Waals surface area contributed by atoms with E-state index in [0.717, 1.165) is 43.2 Å². The van der Waals surface area contributed by atoms with Gasteiger partial charge in [-0.25, -0.2) is 4.98 Å². The van der Waals surface area contributed by atoms with Crippen LogP contribution in [0.2, 0.25) is 0 Å². The highest BCUT2D eigenvalue weighted by atomic mass is 19.3. The van der Waals surface area contributed by atoms with Crippen molar-refractivity contribution >= 4 is 16.9 Å². The molecule has 9 heteroatoms. The Morgan fingerprint density at radius 3 is 2.92 bits per heavy atom. The maximum Gasteiger partial charge on any atom is 0.387 e. The highest BCUT2D eigenvalue weighted by Crippen LogP contribution is 2.50. The smallest absolute Gasteiger partial charge is 0.387 e. The molecule has 0 aliphatic carbocycles. The van der Waals surface area contributed by atoms with Crippen LogP contribution in [-0.4, -0.2) is 71.2 Å². The van der Waals surface area contributed by atoms with Crippen LogP contribution in [0.5, 0.6) is 5.75 Å². The molecule has 4 aliphatic heterocycles. The number of nitrogens with zero attached hydrogens (tertiary/aromatic N) is 4. The lowest BCUT2D eigenvalue weighted by Crippen LogP contribution is -2.47. The summed E-state index contributed by atoms with van der Waals surface area (Å²) in [4.78, 5) is 21.5. The Kier molecular flexibility index (Phi) is 4.52. The first-order valence-electron chi connectivity index (χ1n) is 14.0. The summed E-state index contributed by atoms with van der Waals surface area (Å²) >= 11 is 0. The molecule has 4 aliphatic rings. The molecular weight excluding hydrogens is 478 g/mol. The molecule has 3 aromatic rings. The molecule has 1 unspecified atom stereocenters. The summed E-state index contributed by atoms with van der Waals surface area (Å²) in [6.45, 7) is -2.39. The molecule has 3 atom stereocenters. The lowest BCUT2D eigenvalue weighted by atomic mass is 9.97. The topological polar surface area (TPSA) is 59.8 Å². The predicted octanol–water partition coefficient (Wildman–Crippen LogP) is 3.83. The third kappa shape index (κ3) is 3.62. The molecule has 2 bridgehead atoms. The van der Waals surface area contributed by atoms with E-state index >= 15 is 0 Å². The van der Waals surface area contributed by atoms with Gasteiger partial charge in [0.05, 0.1) is 42.4 Å². The quantitative estimate of drug-likeness (QED) is 0.505. The first-order valence-corrected chi connectivity index (χ1v) is 12.5. The van der Waals surface area contributed by atoms with E-state index in [2.05, 4.69) is 16.7 Å². The van der Waals surface area contributed by atoms with E-state index in [1.165, 1.54) is 18.2 Å². The molecule has 190 valence electrons. The minimum Gasteiger partial charge on any atom is -0.434 e. The van der Waals surface area contributed by atoms with E-state index in [1.54, 1.807) is 0 Å². The molecule has 0 saturated carbocycles. The Hall–Kier alpha value is -3.48. The van der Waals surface area contributed by atoms with Crippen molar-refractivity contribution in [1.29, 1.82) is 0 Å². The van der Waals surface area contributed by atoms with Crippen LogP contribution < -0.4 is 4.74 Å². The fourth-order valence-electron chi connectivity index (χ4n) is 6.04. The monoisotopic (exact) mass is 507 g/mol. The number of aromatic nitrogens is 2. The number of hydrogen-bond donors (Lipinski definition) is 0. The van der Waals surface area contributed by atoms with Gasteiger partial charge in [-0.2, -0.15) is 8.78 Å². The van der Waals surface area contributed by atoms with Gasteiger partial charge in [0, 0.05) is 46.7 Å². The van der Waals surface area contributed by atoms with E-state index < -0.39 is 31.6 Å². The molecule has 1 aromatic heterocycles. The molecule has 5 heterocycles. The molecule has 1 amide bonds. The van der Waals surface area contributed by atoms with Crippen LogP contribution in [0.1, 0.15) is 56.3 Å². The van der Waals surface area contributed by atoms with Crippen molar-refractivity contribution < 1.29 is 27.2 Å². The fraction of sp³-hybridized carbons (Fsp3) is 0.429. The number of amides is 1. The number of carbonyl (C=O) groups is 1. The van der Waals surface area contributed by atoms with E-state index in [0.29, 0.717) is 22.9 Å². The summed E-state index contributed by atoms with van der Waals surface area (Å²) in [5, 5.41) is 0. The summed E-state index contributed by atoms with van der Waals surface area (Å²) in [5.74, 6) is 6.45. The SMILES string of the molecule is [2H]C([2H])([2H])N1C(=O)c2cccc(OC(F)F)c2[C@H]2C[C@@H]1c1nc3ccc(C#CC4CCN(C5COC5)C4)cc3n12. The van der Waals surface area contributed by atoms with Crippen LogP contribution in [0, 0.1) is 17.8 Å². The number of ether oxygens (including phenoxy) is 2. The van der Waals surface area contributed by atoms with Gasteiger partial charge < -0.3 is 18.9 Å². The maximum atomic E-state index is 13.5. The number of alkyl halides is 2. The average Bonchev–Trinajstić information content (AvgIpc) is 3.53. The van der Waals surface area contributed by atoms with Gasteiger partial charge in [-0.3, -0.25) is 9.69 Å². The maximum absolute atomic E-state index is 13.5. The van der Waals surface area contributed by atoms with Gasteiger partial charge >= 0.3 is 6.61 Å². The molecule has 2 fully saturated rings. The Morgan fingerprint density at radius 1 is 1.24 bits per heavy atom. The number of imidazole rings is 1. The molecule has 7 rings (SSSR count). The molecule has 0 spiro atoms. The minimum atomic E-state index is -3.11. The van der Waals surface area contributed by atoms with E-state index in [1.807, 2.05) is 22.8 Å². The lowest BCUT2D eigenvalue weighted by molar-refractivity contribution is -0.0575. The Balaban J connectivity index is 1.32. The van der Waals surface area contributed by atoms with E-state index in [-0.39, 0.29) is 29.2 Å². The van der Waals surface area contributed by atoms with Crippen molar-refractivity contribution in [2.45, 2.75) is 37.6 Å². The van der Waals surface area contributed by atoms with Crippen LogP contribution in [0.3, 0.4) is 0 Å². The number of rotatable bonds is 3. The highest BCUT2D eigenvalue weighted by molar-refractivity contribution is 5.97. The number of fused-ring (bicyclic) bond motifs is 9. The van der Waals surface area contributed by atoms with Gasteiger partial charge in [-0.1, -0.05) is 17.9 Å². The third-order valence-corrected chi connectivity index (χ3v) is 7.93. The zero-order chi connectivity index (χ0) is 27.8. The second-order valence-electron chi connectivity index (χ2n) is 10.0. The third-order valence-electron chi connectivity index (χ3n) is 7.93. The van der Waals surface area contributed by atoms with Crippen LogP contribution in [0.25, 0.3) is 11.0 Å². The van der Waals surface area contributed by atoms with Gasteiger partial charge in [-0.05, 0) is 43.3 Å². The number of likely N-dealkylation sites (tertiary alicyclic amines) is 1. The second kappa shape index (κ2) is 8.54. The molecule has 2 aromatic carbocycles. The molecule has 37 heavy (non-hydrogen) atoms. The van der Waals surface area contributed by atoms with Crippen molar-refractivity contribution in [1.82, 2.24) is 19.4 Å². The zero-order valence-corrected chi connectivity index (χ0v) is 19.9. The van der Waals surface area contributed by atoms with Crippen LogP contribution in [0.4, 0.5) is 8.78 Å². The average molecular weight is 508 g/mol. The summed E-state index contributed by atoms with van der Waals surface area (Å²) in [6, 6.07) is 8.88. The van der Waals surface area contributed by atoms with Crippen molar-refractivity contribution in [3.8, 4) is 17.6 Å². The van der Waals surface area contributed by atoms with Crippen LogP contribution in [0.15, 0.2) is 36.4 Å². The van der Waals surface area contributed by atoms with Crippen LogP contribution >= 0.6 is 0 Å². The van der Waals surface area contributed by atoms with Gasteiger partial charge in [0.1, 0.15) is 11.6 Å². The largest absolute Gasteiger partial charge is 0.434 e. The molecule has 0 N–H and O–H groups in total. The summed E-state index contributed by atoms with van der Waals surface area (Å²) in [6.07, 6.45) is 1.18. The highest BCUT2D eigenvalue weighted by Gasteiger charge is 2.45. The molecule has 2 saturated heterocycles. The number of carbonyl (C=O) groups excluding carboxylic acids is 1. The van der Waals surface area contributed by atoms with Gasteiger partial charge in [-0.15, -0.1) is 0 Å². The Labute approximate surface area is 217 Å². The van der Waals surface area contributed by atoms with Crippen molar-refractivity contribution in [2.75, 3.05) is 33.3 Å². The van der Waals surface area contributed by atoms with E-state index in [4.69, 9.17) is 18.6 Å². The number of benzene rings is 2. The molecular formula is C28H26F2N4O3. The van der Waals surface area contributed by atoms with Crippen molar-refractivity contribution in [3.63, 3.8) is 0 Å². The first-order chi connectivity index (χ1) is 19.2. The Bertz CT molecular complexity index is 1580. The van der Waals surface area contributed by atoms with Gasteiger partial charge in [0.25, 0.3) is 5.91 Å². The molecule has 0 radical (unpaired) electrons. The van der Waals surface area contributed by atoms with Crippen molar-refractivity contribution in [3.05, 3.63) is 58.9 Å². The fourth-order valence-corrected chi connectivity index (χ4v) is 6.04. The first kappa shape index (κ1) is 19.6. The summed E-state index contributed by atoms with van der Waals surface area (Å²) in [5.41, 5.74) is 2.37. The zero-order valence-electron chi connectivity index (χ0n) is 22.9. The van der Waals surface area contributed by atoms with Crippen LogP contribution in [-0.2, 0) is 4.74 Å². The second-order valence-corrected chi connectivity index (χ2v) is 10.0. The van der Waals surface area contributed by atoms with Crippen molar-refractivity contribution in [2.24, 2.45) is 5.92 Å². The normalized spacial score (nSPS) is 26.6. The number of hydrogen-bond acceptors (Lipinski definition) is 5. The summed E-state index contributed by atoms with van der Waals surface area (Å²) < 4.78 is 63.2. The predicted molar refractivity (Wildman–Crippen MR) is 132 cm³/mol. The lowest BCUT2D eigenvalue weighted by Gasteiger charge is -2.34. The van der Waals surface area contributed by atoms with Gasteiger partial charge in [0.15, 0.2) is 0 Å². The summed E-state index contributed by atoms with van der Waals surface area (Å²) in [7, 11) is 0. The molecule has 7 nitrogen and oxygen atoms in total. The number of halogens is 2. The minimum absolute atomic E-state index is 0.0351.